The lowest BCUT2D eigenvalue weighted by Crippen LogP contribution is -2.46. The summed E-state index contributed by atoms with van der Waals surface area (Å²) in [7, 11) is 0. The van der Waals surface area contributed by atoms with Crippen molar-refractivity contribution in [3.63, 3.8) is 0 Å². The van der Waals surface area contributed by atoms with E-state index in [1.807, 2.05) is 20.8 Å². The topological polar surface area (TPSA) is 108 Å². The first-order chi connectivity index (χ1) is 18.1. The quantitative estimate of drug-likeness (QED) is 0.155. The molecule has 1 fully saturated rings. The van der Waals surface area contributed by atoms with Gasteiger partial charge in [0.15, 0.2) is 6.29 Å². The van der Waals surface area contributed by atoms with Gasteiger partial charge in [0, 0.05) is 6.61 Å². The fourth-order valence-electron chi connectivity index (χ4n) is 5.65. The van der Waals surface area contributed by atoms with Gasteiger partial charge in [-0.3, -0.25) is 14.4 Å². The number of carbonyl (C=O) groups excluding carboxylic acids is 3. The first kappa shape index (κ1) is 32.6. The van der Waals surface area contributed by atoms with Gasteiger partial charge in [-0.15, -0.1) is 0 Å². The minimum Gasteiger partial charge on any atom is -0.508 e. The van der Waals surface area contributed by atoms with E-state index in [1.165, 1.54) is 24.3 Å². The lowest BCUT2D eigenvalue weighted by atomic mass is 9.65. The average molecular weight is 549 g/mol. The van der Waals surface area contributed by atoms with E-state index in [0.29, 0.717) is 13.0 Å². The number of phenolic OH excluding ortho intramolecular Hbond substituents is 1. The summed E-state index contributed by atoms with van der Waals surface area (Å²) < 4.78 is 22.9. The summed E-state index contributed by atoms with van der Waals surface area (Å²) in [5.74, 6) is -1.07. The number of hydrogen-bond acceptors (Lipinski definition) is 8. The molecule has 0 spiro atoms. The number of aromatic hydroxyl groups is 1. The molecule has 3 atom stereocenters. The minimum atomic E-state index is -1.23. The number of esters is 3. The van der Waals surface area contributed by atoms with Crippen molar-refractivity contribution in [1.29, 1.82) is 0 Å². The number of hydrogen-bond donors (Lipinski definition) is 1. The van der Waals surface area contributed by atoms with Gasteiger partial charge in [0.05, 0.1) is 16.2 Å². The highest BCUT2D eigenvalue weighted by Gasteiger charge is 2.51. The fourth-order valence-corrected chi connectivity index (χ4v) is 5.65. The van der Waals surface area contributed by atoms with Crippen LogP contribution in [-0.2, 0) is 28.6 Å². The molecule has 220 valence electrons. The Morgan fingerprint density at radius 3 is 2.00 bits per heavy atom. The van der Waals surface area contributed by atoms with E-state index in [2.05, 4.69) is 0 Å². The van der Waals surface area contributed by atoms with Crippen molar-refractivity contribution in [1.82, 2.24) is 0 Å². The molecule has 1 saturated carbocycles. The second-order valence-corrected chi connectivity index (χ2v) is 12.2. The number of carbonyl (C=O) groups is 3. The molecule has 0 aliphatic heterocycles. The average Bonchev–Trinajstić information content (AvgIpc) is 3.33. The zero-order valence-electron chi connectivity index (χ0n) is 25.1. The molecule has 0 bridgehead atoms. The van der Waals surface area contributed by atoms with Crippen LogP contribution in [0.1, 0.15) is 107 Å². The van der Waals surface area contributed by atoms with Crippen molar-refractivity contribution >= 4 is 17.9 Å². The standard InChI is InChI=1S/C31H48O8/c1-9-29(7,26(34)38-24-16-14-23(32)15-17-24)21-30(8,27(35)37-22(4)36-11-3)20-28(5,6)25(33)39-31(10-2)18-12-13-19-31/h14-17,22,32H,9-13,18-21H2,1-8H3. The smallest absolute Gasteiger partial charge is 0.317 e. The van der Waals surface area contributed by atoms with Gasteiger partial charge >= 0.3 is 17.9 Å². The SMILES string of the molecule is CCOC(C)OC(=O)C(C)(CC(C)(C)C(=O)OC1(CC)CCCC1)CC(C)(CC)C(=O)Oc1ccc(O)cc1. The van der Waals surface area contributed by atoms with Gasteiger partial charge in [-0.25, -0.2) is 0 Å². The predicted molar refractivity (Wildman–Crippen MR) is 148 cm³/mol. The Morgan fingerprint density at radius 2 is 1.49 bits per heavy atom. The Labute approximate surface area is 233 Å². The lowest BCUT2D eigenvalue weighted by Gasteiger charge is -2.41. The molecule has 1 aliphatic rings. The van der Waals surface area contributed by atoms with Gasteiger partial charge in [0.25, 0.3) is 0 Å². The maximum Gasteiger partial charge on any atom is 0.317 e. The second-order valence-electron chi connectivity index (χ2n) is 12.2. The fraction of sp³-hybridized carbons (Fsp3) is 0.710. The predicted octanol–water partition coefficient (Wildman–Crippen LogP) is 6.72. The molecule has 1 aromatic carbocycles. The molecular formula is C31H48O8. The molecular weight excluding hydrogens is 500 g/mol. The van der Waals surface area contributed by atoms with Crippen molar-refractivity contribution in [2.45, 2.75) is 119 Å². The molecule has 2 rings (SSSR count). The maximum atomic E-state index is 13.7. The summed E-state index contributed by atoms with van der Waals surface area (Å²) in [6, 6.07) is 5.88. The summed E-state index contributed by atoms with van der Waals surface area (Å²) in [5.41, 5.74) is -3.79. The van der Waals surface area contributed by atoms with E-state index in [1.54, 1.807) is 34.6 Å². The van der Waals surface area contributed by atoms with Crippen LogP contribution in [0.15, 0.2) is 24.3 Å². The summed E-state index contributed by atoms with van der Waals surface area (Å²) in [5, 5.41) is 9.56. The Balaban J connectivity index is 2.35. The molecule has 1 N–H and O–H groups in total. The molecule has 0 saturated heterocycles. The number of benzene rings is 1. The van der Waals surface area contributed by atoms with Crippen LogP contribution in [0.4, 0.5) is 0 Å². The third-order valence-electron chi connectivity index (χ3n) is 8.12. The summed E-state index contributed by atoms with van der Waals surface area (Å²) in [4.78, 5) is 40.7. The molecule has 1 aromatic rings. The normalized spacial score (nSPS) is 18.9. The molecule has 0 radical (unpaired) electrons. The molecule has 0 heterocycles. The summed E-state index contributed by atoms with van der Waals surface area (Å²) in [6.07, 6.45) is 4.28. The van der Waals surface area contributed by atoms with Crippen LogP contribution in [0.3, 0.4) is 0 Å². The zero-order valence-corrected chi connectivity index (χ0v) is 25.1. The van der Waals surface area contributed by atoms with Crippen LogP contribution >= 0.6 is 0 Å². The maximum absolute atomic E-state index is 13.7. The highest BCUT2D eigenvalue weighted by Crippen LogP contribution is 2.47. The third-order valence-corrected chi connectivity index (χ3v) is 8.12. The largest absolute Gasteiger partial charge is 0.508 e. The Morgan fingerprint density at radius 1 is 0.897 bits per heavy atom. The van der Waals surface area contributed by atoms with Crippen LogP contribution in [-0.4, -0.2) is 41.5 Å². The van der Waals surface area contributed by atoms with E-state index in [4.69, 9.17) is 18.9 Å². The van der Waals surface area contributed by atoms with Crippen LogP contribution in [0.25, 0.3) is 0 Å². The van der Waals surface area contributed by atoms with Crippen molar-refractivity contribution < 1.29 is 38.4 Å². The zero-order chi connectivity index (χ0) is 29.5. The number of phenols is 1. The van der Waals surface area contributed by atoms with Crippen molar-refractivity contribution in [2.24, 2.45) is 16.2 Å². The minimum absolute atomic E-state index is 0.0587. The van der Waals surface area contributed by atoms with Crippen LogP contribution < -0.4 is 4.74 Å². The first-order valence-electron chi connectivity index (χ1n) is 14.2. The van der Waals surface area contributed by atoms with E-state index in [0.717, 1.165) is 32.1 Å². The third kappa shape index (κ3) is 8.44. The first-order valence-corrected chi connectivity index (χ1v) is 14.2. The Kier molecular flexibility index (Phi) is 11.0. The monoisotopic (exact) mass is 548 g/mol. The van der Waals surface area contributed by atoms with Crippen LogP contribution in [0.5, 0.6) is 11.5 Å². The molecule has 3 unspecified atom stereocenters. The van der Waals surface area contributed by atoms with Crippen molar-refractivity contribution in [2.75, 3.05) is 6.61 Å². The van der Waals surface area contributed by atoms with Crippen LogP contribution in [0.2, 0.25) is 0 Å². The van der Waals surface area contributed by atoms with Crippen molar-refractivity contribution in [3.05, 3.63) is 24.3 Å². The molecule has 8 heteroatoms. The van der Waals surface area contributed by atoms with Gasteiger partial charge in [-0.05, 0) is 117 Å². The molecule has 8 nitrogen and oxygen atoms in total. The van der Waals surface area contributed by atoms with Crippen LogP contribution in [0, 0.1) is 16.2 Å². The van der Waals surface area contributed by atoms with Gasteiger partial charge in [-0.2, -0.15) is 0 Å². The molecule has 0 amide bonds. The summed E-state index contributed by atoms with van der Waals surface area (Å²) in [6.45, 7) is 14.8. The van der Waals surface area contributed by atoms with E-state index in [-0.39, 0.29) is 30.3 Å². The number of ether oxygens (including phenoxy) is 4. The highest BCUT2D eigenvalue weighted by molar-refractivity contribution is 5.83. The Hall–Kier alpha value is -2.61. The summed E-state index contributed by atoms with van der Waals surface area (Å²) >= 11 is 0. The van der Waals surface area contributed by atoms with Gasteiger partial charge < -0.3 is 24.1 Å². The molecule has 0 aromatic heterocycles. The second kappa shape index (κ2) is 13.2. The van der Waals surface area contributed by atoms with Gasteiger partial charge in [0.2, 0.25) is 0 Å². The highest BCUT2D eigenvalue weighted by atomic mass is 16.7. The molecule has 1 aliphatic carbocycles. The molecule has 39 heavy (non-hydrogen) atoms. The van der Waals surface area contributed by atoms with Gasteiger partial charge in [0.1, 0.15) is 17.1 Å². The van der Waals surface area contributed by atoms with E-state index in [9.17, 15) is 19.5 Å². The van der Waals surface area contributed by atoms with E-state index >= 15 is 0 Å². The lowest BCUT2D eigenvalue weighted by molar-refractivity contribution is -0.191. The van der Waals surface area contributed by atoms with Crippen molar-refractivity contribution in [3.8, 4) is 11.5 Å². The van der Waals surface area contributed by atoms with Gasteiger partial charge in [-0.1, -0.05) is 13.8 Å². The Bertz CT molecular complexity index is 979. The van der Waals surface area contributed by atoms with E-state index < -0.39 is 40.1 Å². The number of rotatable bonds is 14.